The van der Waals surface area contributed by atoms with E-state index in [1.54, 1.807) is 12.4 Å². The summed E-state index contributed by atoms with van der Waals surface area (Å²) in [6.45, 7) is 0. The molecule has 22 heavy (non-hydrogen) atoms. The molecule has 0 amide bonds. The Balaban J connectivity index is 2.04. The summed E-state index contributed by atoms with van der Waals surface area (Å²) in [6, 6.07) is 22.2. The van der Waals surface area contributed by atoms with Gasteiger partial charge in [-0.15, -0.1) is 0 Å². The number of fused-ring (bicyclic) bond motifs is 1. The number of benzene rings is 2. The van der Waals surface area contributed by atoms with Crippen molar-refractivity contribution in [3.05, 3.63) is 79.1 Å². The van der Waals surface area contributed by atoms with Crippen molar-refractivity contribution in [2.24, 2.45) is 0 Å². The number of hydrogen-bond donors (Lipinski definition) is 0. The lowest BCUT2D eigenvalue weighted by Gasteiger charge is -2.10. The predicted molar refractivity (Wildman–Crippen MR) is 88.2 cm³/mol. The summed E-state index contributed by atoms with van der Waals surface area (Å²) in [5.74, 6) is 0. The minimum Gasteiger partial charge on any atom is -0.262 e. The normalized spacial score (nSPS) is 10.7. The molecule has 2 aromatic heterocycles. The summed E-state index contributed by atoms with van der Waals surface area (Å²) < 4.78 is 0. The van der Waals surface area contributed by atoms with Crippen molar-refractivity contribution in [1.29, 1.82) is 0 Å². The molecule has 0 N–H and O–H groups in total. The van der Waals surface area contributed by atoms with Gasteiger partial charge in [-0.25, -0.2) is 9.97 Å². The first-order chi connectivity index (χ1) is 10.9. The van der Waals surface area contributed by atoms with Crippen LogP contribution in [0.5, 0.6) is 0 Å². The number of nitrogens with zero attached hydrogens (tertiary/aromatic N) is 3. The van der Waals surface area contributed by atoms with Crippen LogP contribution in [0, 0.1) is 0 Å². The highest BCUT2D eigenvalue weighted by Crippen LogP contribution is 2.30. The lowest BCUT2D eigenvalue weighted by atomic mass is 10.0. The number of aromatic nitrogens is 3. The zero-order chi connectivity index (χ0) is 14.8. The number of hydrogen-bond acceptors (Lipinski definition) is 3. The highest BCUT2D eigenvalue weighted by molar-refractivity contribution is 5.85. The van der Waals surface area contributed by atoms with Gasteiger partial charge < -0.3 is 0 Å². The van der Waals surface area contributed by atoms with Crippen LogP contribution in [0.3, 0.4) is 0 Å². The zero-order valence-electron chi connectivity index (χ0n) is 11.8. The summed E-state index contributed by atoms with van der Waals surface area (Å²) in [5.41, 5.74) is 5.56. The largest absolute Gasteiger partial charge is 0.262 e. The maximum absolute atomic E-state index is 4.82. The van der Waals surface area contributed by atoms with Crippen molar-refractivity contribution < 1.29 is 0 Å². The Labute approximate surface area is 128 Å². The second kappa shape index (κ2) is 5.37. The first-order valence-corrected chi connectivity index (χ1v) is 7.14. The summed E-state index contributed by atoms with van der Waals surface area (Å²) in [4.78, 5) is 13.8. The molecular formula is C19H13N3. The third-order valence-electron chi connectivity index (χ3n) is 3.56. The summed E-state index contributed by atoms with van der Waals surface area (Å²) in [5, 5.41) is 0. The first kappa shape index (κ1) is 12.7. The summed E-state index contributed by atoms with van der Waals surface area (Å²) >= 11 is 0. The molecule has 0 aliphatic heterocycles. The van der Waals surface area contributed by atoms with Crippen LogP contribution in [-0.2, 0) is 0 Å². The molecule has 0 saturated heterocycles. The second-order valence-corrected chi connectivity index (χ2v) is 5.02. The quantitative estimate of drug-likeness (QED) is 0.548. The van der Waals surface area contributed by atoms with Crippen molar-refractivity contribution in [2.75, 3.05) is 0 Å². The predicted octanol–water partition coefficient (Wildman–Crippen LogP) is 4.36. The van der Waals surface area contributed by atoms with Gasteiger partial charge in [0.1, 0.15) is 5.52 Å². The third-order valence-corrected chi connectivity index (χ3v) is 3.56. The van der Waals surface area contributed by atoms with Gasteiger partial charge in [0.15, 0.2) is 0 Å². The van der Waals surface area contributed by atoms with Crippen molar-refractivity contribution in [1.82, 2.24) is 15.0 Å². The average molecular weight is 283 g/mol. The molecule has 0 unspecified atom stereocenters. The van der Waals surface area contributed by atoms with E-state index in [0.717, 1.165) is 33.5 Å². The molecule has 4 rings (SSSR count). The van der Waals surface area contributed by atoms with Gasteiger partial charge in [-0.05, 0) is 6.07 Å². The third kappa shape index (κ3) is 2.23. The van der Waals surface area contributed by atoms with E-state index in [1.807, 2.05) is 42.5 Å². The fourth-order valence-corrected chi connectivity index (χ4v) is 2.50. The van der Waals surface area contributed by atoms with Gasteiger partial charge >= 0.3 is 0 Å². The Kier molecular flexibility index (Phi) is 3.09. The molecular weight excluding hydrogens is 270 g/mol. The van der Waals surface area contributed by atoms with Gasteiger partial charge in [-0.1, -0.05) is 60.7 Å². The topological polar surface area (TPSA) is 38.7 Å². The van der Waals surface area contributed by atoms with Gasteiger partial charge in [-0.3, -0.25) is 4.98 Å². The Morgan fingerprint density at radius 3 is 1.68 bits per heavy atom. The van der Waals surface area contributed by atoms with Gasteiger partial charge in [-0.2, -0.15) is 0 Å². The standard InChI is InChI=1S/C19H13N3/c1-3-7-14(8-4-1)18-19(15-9-5-2-6-10-15)22-17-13-20-12-11-16(17)21-18/h1-13H. The van der Waals surface area contributed by atoms with Gasteiger partial charge in [0.05, 0.1) is 23.1 Å². The van der Waals surface area contributed by atoms with Crippen LogP contribution >= 0.6 is 0 Å². The summed E-state index contributed by atoms with van der Waals surface area (Å²) in [6.07, 6.45) is 3.50. The van der Waals surface area contributed by atoms with E-state index in [0.29, 0.717) is 0 Å². The van der Waals surface area contributed by atoms with Gasteiger partial charge in [0.2, 0.25) is 0 Å². The van der Waals surface area contributed by atoms with Crippen molar-refractivity contribution in [2.45, 2.75) is 0 Å². The minimum atomic E-state index is 0.807. The Hall–Kier alpha value is -3.07. The van der Waals surface area contributed by atoms with E-state index >= 15 is 0 Å². The van der Waals surface area contributed by atoms with E-state index in [9.17, 15) is 0 Å². The number of rotatable bonds is 2. The molecule has 0 aliphatic rings. The first-order valence-electron chi connectivity index (χ1n) is 7.14. The maximum atomic E-state index is 4.82. The van der Waals surface area contributed by atoms with Crippen molar-refractivity contribution in [3.8, 4) is 22.5 Å². The Morgan fingerprint density at radius 2 is 1.09 bits per heavy atom. The van der Waals surface area contributed by atoms with Crippen LogP contribution in [0.1, 0.15) is 0 Å². The molecule has 0 spiro atoms. The highest BCUT2D eigenvalue weighted by Gasteiger charge is 2.12. The molecule has 3 heteroatoms. The maximum Gasteiger partial charge on any atom is 0.108 e. The van der Waals surface area contributed by atoms with Crippen LogP contribution in [0.2, 0.25) is 0 Å². The van der Waals surface area contributed by atoms with E-state index in [-0.39, 0.29) is 0 Å². The molecule has 104 valence electrons. The van der Waals surface area contributed by atoms with E-state index < -0.39 is 0 Å². The highest BCUT2D eigenvalue weighted by atomic mass is 14.8. The zero-order valence-corrected chi connectivity index (χ0v) is 11.8. The van der Waals surface area contributed by atoms with Gasteiger partial charge in [0, 0.05) is 17.3 Å². The molecule has 0 bridgehead atoms. The molecule has 0 aliphatic carbocycles. The van der Waals surface area contributed by atoms with E-state index in [4.69, 9.17) is 9.97 Å². The van der Waals surface area contributed by atoms with E-state index in [2.05, 4.69) is 29.2 Å². The monoisotopic (exact) mass is 283 g/mol. The average Bonchev–Trinajstić information content (AvgIpc) is 2.62. The van der Waals surface area contributed by atoms with Crippen LogP contribution in [0.4, 0.5) is 0 Å². The van der Waals surface area contributed by atoms with Gasteiger partial charge in [0.25, 0.3) is 0 Å². The van der Waals surface area contributed by atoms with Crippen molar-refractivity contribution >= 4 is 11.0 Å². The molecule has 4 aromatic rings. The lowest BCUT2D eigenvalue weighted by Crippen LogP contribution is -1.95. The smallest absolute Gasteiger partial charge is 0.108 e. The molecule has 2 aromatic carbocycles. The molecule has 2 heterocycles. The Morgan fingerprint density at radius 1 is 0.545 bits per heavy atom. The summed E-state index contributed by atoms with van der Waals surface area (Å²) in [7, 11) is 0. The molecule has 0 radical (unpaired) electrons. The van der Waals surface area contributed by atoms with Crippen LogP contribution in [0.15, 0.2) is 79.1 Å². The molecule has 0 fully saturated rings. The molecule has 0 atom stereocenters. The van der Waals surface area contributed by atoms with Crippen LogP contribution in [0.25, 0.3) is 33.5 Å². The molecule has 3 nitrogen and oxygen atoms in total. The van der Waals surface area contributed by atoms with Crippen molar-refractivity contribution in [3.63, 3.8) is 0 Å². The lowest BCUT2D eigenvalue weighted by molar-refractivity contribution is 1.25. The fourth-order valence-electron chi connectivity index (χ4n) is 2.50. The van der Waals surface area contributed by atoms with Crippen LogP contribution in [-0.4, -0.2) is 15.0 Å². The fraction of sp³-hybridized carbons (Fsp3) is 0. The second-order valence-electron chi connectivity index (χ2n) is 5.02. The molecule has 0 saturated carbocycles. The minimum absolute atomic E-state index is 0.807. The Bertz CT molecular complexity index is 841. The number of pyridine rings is 1. The van der Waals surface area contributed by atoms with Crippen LogP contribution < -0.4 is 0 Å². The SMILES string of the molecule is c1ccc(-c2nc3ccncc3nc2-c2ccccc2)cc1. The van der Waals surface area contributed by atoms with E-state index in [1.165, 1.54) is 0 Å².